The zero-order valence-corrected chi connectivity index (χ0v) is 15.1. The number of likely N-dealkylation sites (tertiary alicyclic amines) is 1. The zero-order valence-electron chi connectivity index (χ0n) is 15.1. The van der Waals surface area contributed by atoms with Crippen LogP contribution in [0.4, 0.5) is 13.2 Å². The Balaban J connectivity index is 1.69. The number of aromatic nitrogens is 4. The van der Waals surface area contributed by atoms with Crippen molar-refractivity contribution in [3.05, 3.63) is 36.2 Å². The minimum Gasteiger partial charge on any atom is -0.374 e. The maximum Gasteiger partial charge on any atom is 0.425 e. The highest BCUT2D eigenvalue weighted by molar-refractivity contribution is 5.77. The number of carbonyl (C=O) groups excluding carboxylic acids is 1. The number of nitrogens with zero attached hydrogens (tertiary/aromatic N) is 5. The van der Waals surface area contributed by atoms with Crippen LogP contribution in [0.15, 0.2) is 24.8 Å². The molecule has 1 N–H and O–H groups in total. The number of piperidine rings is 1. The molecule has 3 heterocycles. The Morgan fingerprint density at radius 2 is 2.00 bits per heavy atom. The van der Waals surface area contributed by atoms with Crippen LogP contribution in [0.5, 0.6) is 0 Å². The molecule has 27 heavy (non-hydrogen) atoms. The van der Waals surface area contributed by atoms with Crippen molar-refractivity contribution < 1.29 is 23.1 Å². The van der Waals surface area contributed by atoms with Gasteiger partial charge < -0.3 is 14.6 Å². The summed E-state index contributed by atoms with van der Waals surface area (Å²) < 4.78 is 43.6. The summed E-state index contributed by atoms with van der Waals surface area (Å²) in [5, 5.41) is 14.6. The number of imidazole rings is 1. The molecule has 0 aliphatic carbocycles. The monoisotopic (exact) mass is 385 g/mol. The predicted octanol–water partition coefficient (Wildman–Crippen LogP) is 1.93. The van der Waals surface area contributed by atoms with Crippen molar-refractivity contribution in [2.75, 3.05) is 13.1 Å². The summed E-state index contributed by atoms with van der Waals surface area (Å²) in [7, 11) is 1.35. The first-order chi connectivity index (χ1) is 12.6. The predicted molar refractivity (Wildman–Crippen MR) is 89.6 cm³/mol. The molecular weight excluding hydrogens is 363 g/mol. The van der Waals surface area contributed by atoms with Crippen LogP contribution in [0, 0.1) is 6.92 Å². The molecule has 7 nitrogen and oxygen atoms in total. The lowest BCUT2D eigenvalue weighted by Crippen LogP contribution is -2.49. The summed E-state index contributed by atoms with van der Waals surface area (Å²) in [6.07, 6.45) is 1.20. The van der Waals surface area contributed by atoms with Crippen molar-refractivity contribution in [1.29, 1.82) is 0 Å². The first-order valence-corrected chi connectivity index (χ1v) is 8.67. The lowest BCUT2D eigenvalue weighted by atomic mass is 9.95. The number of carbonyl (C=O) groups is 1. The number of alkyl halides is 3. The molecule has 0 bridgehead atoms. The third kappa shape index (κ3) is 3.71. The Kier molecular flexibility index (Phi) is 5.02. The minimum atomic E-state index is -5.02. The highest BCUT2D eigenvalue weighted by atomic mass is 19.4. The van der Waals surface area contributed by atoms with Crippen molar-refractivity contribution >= 4 is 5.91 Å². The van der Waals surface area contributed by atoms with Gasteiger partial charge in [-0.1, -0.05) is 0 Å². The van der Waals surface area contributed by atoms with Crippen LogP contribution in [0.1, 0.15) is 36.7 Å². The van der Waals surface area contributed by atoms with E-state index in [0.717, 1.165) is 16.3 Å². The van der Waals surface area contributed by atoms with E-state index in [4.69, 9.17) is 0 Å². The number of hydrogen-bond acceptors (Lipinski definition) is 4. The summed E-state index contributed by atoms with van der Waals surface area (Å²) in [4.78, 5) is 17.5. The second kappa shape index (κ2) is 6.99. The molecule has 10 heteroatoms. The van der Waals surface area contributed by atoms with Crippen LogP contribution in [0.25, 0.3) is 0 Å². The molecule has 2 aromatic heterocycles. The van der Waals surface area contributed by atoms with Gasteiger partial charge >= 0.3 is 6.18 Å². The Morgan fingerprint density at radius 1 is 1.33 bits per heavy atom. The van der Waals surface area contributed by atoms with Gasteiger partial charge in [0.15, 0.2) is 5.82 Å². The van der Waals surface area contributed by atoms with E-state index in [1.54, 1.807) is 6.20 Å². The molecule has 2 aromatic rings. The Labute approximate surface area is 154 Å². The Hall–Kier alpha value is -2.36. The molecule has 3 rings (SSSR count). The fourth-order valence-corrected chi connectivity index (χ4v) is 3.41. The minimum absolute atomic E-state index is 0.110. The highest BCUT2D eigenvalue weighted by Crippen LogP contribution is 2.41. The highest BCUT2D eigenvalue weighted by Gasteiger charge is 2.59. The number of aryl methyl sites for hydroxylation is 2. The molecule has 0 saturated carbocycles. The fourth-order valence-electron chi connectivity index (χ4n) is 3.41. The third-order valence-electron chi connectivity index (χ3n) is 4.99. The van der Waals surface area contributed by atoms with Crippen molar-refractivity contribution in [1.82, 2.24) is 24.2 Å². The van der Waals surface area contributed by atoms with Crippen LogP contribution in [0.2, 0.25) is 0 Å². The lowest BCUT2D eigenvalue weighted by Gasteiger charge is -2.35. The topological polar surface area (TPSA) is 76.2 Å². The van der Waals surface area contributed by atoms with E-state index in [9.17, 15) is 23.1 Å². The van der Waals surface area contributed by atoms with Crippen molar-refractivity contribution in [2.24, 2.45) is 7.05 Å². The smallest absolute Gasteiger partial charge is 0.374 e. The summed E-state index contributed by atoms with van der Waals surface area (Å²) in [6, 6.07) is 0.110. The molecule has 1 amide bonds. The van der Waals surface area contributed by atoms with Gasteiger partial charge in [-0.05, 0) is 25.3 Å². The maximum absolute atomic E-state index is 13.6. The largest absolute Gasteiger partial charge is 0.425 e. The number of hydrogen-bond donors (Lipinski definition) is 1. The van der Waals surface area contributed by atoms with Crippen LogP contribution >= 0.6 is 0 Å². The first-order valence-electron chi connectivity index (χ1n) is 8.67. The maximum atomic E-state index is 13.6. The molecule has 0 aromatic carbocycles. The van der Waals surface area contributed by atoms with Gasteiger partial charge in [0, 0.05) is 38.7 Å². The molecule has 1 unspecified atom stereocenters. The van der Waals surface area contributed by atoms with Crippen molar-refractivity contribution in [2.45, 2.75) is 44.0 Å². The van der Waals surface area contributed by atoms with Gasteiger partial charge in [-0.3, -0.25) is 9.48 Å². The van der Waals surface area contributed by atoms with Gasteiger partial charge in [0.25, 0.3) is 0 Å². The van der Waals surface area contributed by atoms with E-state index in [0.29, 0.717) is 25.9 Å². The van der Waals surface area contributed by atoms with Gasteiger partial charge in [-0.2, -0.15) is 18.3 Å². The van der Waals surface area contributed by atoms with E-state index < -0.39 is 29.9 Å². The molecule has 1 aliphatic heterocycles. The molecule has 148 valence electrons. The van der Waals surface area contributed by atoms with Gasteiger partial charge in [0.2, 0.25) is 11.5 Å². The quantitative estimate of drug-likeness (QED) is 0.873. The zero-order chi connectivity index (χ0) is 19.8. The van der Waals surface area contributed by atoms with Crippen LogP contribution in [0.3, 0.4) is 0 Å². The van der Waals surface area contributed by atoms with Crippen molar-refractivity contribution in [3.63, 3.8) is 0 Å². The SMILES string of the molecule is Cc1cnn(C2CCN(C(=O)CC(O)(c3nccn3C)C(F)(F)F)CC2)c1. The number of amides is 1. The normalized spacial score (nSPS) is 18.5. The standard InChI is InChI=1S/C17H22F3N5O2/c1-12-10-22-25(11-12)13-3-6-24(7-4-13)14(26)9-16(27,17(18,19)20)15-21-5-8-23(15)2/h5,8,10-11,13,27H,3-4,6-7,9H2,1-2H3. The average Bonchev–Trinajstić information content (AvgIpc) is 3.22. The lowest BCUT2D eigenvalue weighted by molar-refractivity contribution is -0.272. The molecule has 1 aliphatic rings. The Morgan fingerprint density at radius 3 is 2.48 bits per heavy atom. The second-order valence-corrected chi connectivity index (χ2v) is 7.01. The van der Waals surface area contributed by atoms with E-state index in [1.807, 2.05) is 17.8 Å². The average molecular weight is 385 g/mol. The van der Waals surface area contributed by atoms with Gasteiger partial charge in [-0.25, -0.2) is 4.98 Å². The first kappa shape index (κ1) is 19.4. The van der Waals surface area contributed by atoms with E-state index in [-0.39, 0.29) is 6.04 Å². The third-order valence-corrected chi connectivity index (χ3v) is 4.99. The van der Waals surface area contributed by atoms with Gasteiger partial charge in [0.1, 0.15) is 0 Å². The van der Waals surface area contributed by atoms with Crippen LogP contribution in [-0.2, 0) is 17.4 Å². The molecular formula is C17H22F3N5O2. The number of halogens is 3. The molecule has 0 spiro atoms. The van der Waals surface area contributed by atoms with Crippen molar-refractivity contribution in [3.8, 4) is 0 Å². The Bertz CT molecular complexity index is 808. The van der Waals surface area contributed by atoms with E-state index >= 15 is 0 Å². The summed E-state index contributed by atoms with van der Waals surface area (Å²) in [6.45, 7) is 2.56. The van der Waals surface area contributed by atoms with Crippen LogP contribution < -0.4 is 0 Å². The summed E-state index contributed by atoms with van der Waals surface area (Å²) >= 11 is 0. The van der Waals surface area contributed by atoms with Gasteiger partial charge in [-0.15, -0.1) is 0 Å². The van der Waals surface area contributed by atoms with E-state index in [2.05, 4.69) is 10.1 Å². The van der Waals surface area contributed by atoms with Gasteiger partial charge in [0.05, 0.1) is 18.7 Å². The molecule has 1 fully saturated rings. The van der Waals surface area contributed by atoms with E-state index in [1.165, 1.54) is 18.1 Å². The molecule has 0 radical (unpaired) electrons. The summed E-state index contributed by atoms with van der Waals surface area (Å²) in [5.74, 6) is -1.34. The molecule has 1 atom stereocenters. The fraction of sp³-hybridized carbons (Fsp3) is 0.588. The number of aliphatic hydroxyl groups is 1. The molecule has 1 saturated heterocycles. The summed E-state index contributed by atoms with van der Waals surface area (Å²) in [5.41, 5.74) is -2.29. The second-order valence-electron chi connectivity index (χ2n) is 7.01. The van der Waals surface area contributed by atoms with Crippen LogP contribution in [-0.4, -0.2) is 54.5 Å². The number of rotatable bonds is 4.